The summed E-state index contributed by atoms with van der Waals surface area (Å²) in [6.07, 6.45) is 9.01. The van der Waals surface area contributed by atoms with Gasteiger partial charge in [-0.3, -0.25) is 4.90 Å². The van der Waals surface area contributed by atoms with Crippen molar-refractivity contribution in [2.24, 2.45) is 0 Å². The molecular formula is C25H32ClNO. The average Bonchev–Trinajstić information content (AvgIpc) is 2.68. The lowest BCUT2D eigenvalue weighted by molar-refractivity contribution is 0.000702. The van der Waals surface area contributed by atoms with Gasteiger partial charge in [0.2, 0.25) is 0 Å². The predicted molar refractivity (Wildman–Crippen MR) is 117 cm³/mol. The Kier molecular flexibility index (Phi) is 6.40. The van der Waals surface area contributed by atoms with Crippen LogP contribution in [0, 0.1) is 0 Å². The predicted octanol–water partition coefficient (Wildman–Crippen LogP) is 5.61. The minimum absolute atomic E-state index is 0.190. The van der Waals surface area contributed by atoms with E-state index in [2.05, 4.69) is 47.4 Å². The maximum absolute atomic E-state index is 10.7. The fourth-order valence-corrected chi connectivity index (χ4v) is 5.29. The SMILES string of the molecule is O[C@@H]1CCCN(CCC2(c3ccc(Cl)cc3)CCC2)[C@@H]1CCc1ccccc1. The van der Waals surface area contributed by atoms with Crippen molar-refractivity contribution in [3.05, 3.63) is 70.7 Å². The molecule has 2 atom stereocenters. The zero-order valence-corrected chi connectivity index (χ0v) is 17.5. The summed E-state index contributed by atoms with van der Waals surface area (Å²) >= 11 is 6.11. The molecule has 2 fully saturated rings. The number of hydrogen-bond acceptors (Lipinski definition) is 2. The van der Waals surface area contributed by atoms with Crippen LogP contribution in [-0.2, 0) is 11.8 Å². The summed E-state index contributed by atoms with van der Waals surface area (Å²) in [6, 6.07) is 19.5. The summed E-state index contributed by atoms with van der Waals surface area (Å²) in [5, 5.41) is 11.5. The van der Waals surface area contributed by atoms with E-state index in [1.54, 1.807) is 0 Å². The van der Waals surface area contributed by atoms with E-state index in [4.69, 9.17) is 11.6 Å². The van der Waals surface area contributed by atoms with Gasteiger partial charge >= 0.3 is 0 Å². The second-order valence-corrected chi connectivity index (χ2v) is 9.16. The van der Waals surface area contributed by atoms with E-state index in [0.29, 0.717) is 5.41 Å². The molecule has 1 heterocycles. The van der Waals surface area contributed by atoms with Crippen LogP contribution in [0.15, 0.2) is 54.6 Å². The van der Waals surface area contributed by atoms with Gasteiger partial charge in [0.1, 0.15) is 0 Å². The molecule has 28 heavy (non-hydrogen) atoms. The van der Waals surface area contributed by atoms with Gasteiger partial charge in [0.25, 0.3) is 0 Å². The van der Waals surface area contributed by atoms with Crippen molar-refractivity contribution in [3.8, 4) is 0 Å². The van der Waals surface area contributed by atoms with E-state index >= 15 is 0 Å². The highest BCUT2D eigenvalue weighted by Gasteiger charge is 2.39. The van der Waals surface area contributed by atoms with Crippen LogP contribution in [0.25, 0.3) is 0 Å². The Labute approximate surface area is 174 Å². The molecule has 3 heteroatoms. The van der Waals surface area contributed by atoms with Crippen LogP contribution in [0.1, 0.15) is 56.1 Å². The molecule has 0 bridgehead atoms. The lowest BCUT2D eigenvalue weighted by atomic mass is 9.62. The molecule has 1 N–H and O–H groups in total. The van der Waals surface area contributed by atoms with Crippen molar-refractivity contribution in [2.45, 2.75) is 68.9 Å². The molecular weight excluding hydrogens is 366 g/mol. The smallest absolute Gasteiger partial charge is 0.0696 e. The quantitative estimate of drug-likeness (QED) is 0.656. The Morgan fingerprint density at radius 2 is 1.75 bits per heavy atom. The fourth-order valence-electron chi connectivity index (χ4n) is 5.16. The third-order valence-electron chi connectivity index (χ3n) is 7.07. The Morgan fingerprint density at radius 3 is 2.43 bits per heavy atom. The second kappa shape index (κ2) is 8.98. The largest absolute Gasteiger partial charge is 0.391 e. The van der Waals surface area contributed by atoms with E-state index < -0.39 is 0 Å². The van der Waals surface area contributed by atoms with Gasteiger partial charge in [-0.05, 0) is 86.7 Å². The standard InChI is InChI=1S/C25H32ClNO/c26-22-12-10-21(11-13-22)25(15-5-16-25)17-19-27-18-4-8-24(28)23(27)14-9-20-6-2-1-3-7-20/h1-3,6-7,10-13,23-24,28H,4-5,8-9,14-19H2/t23-,24-/m1/s1. The van der Waals surface area contributed by atoms with Gasteiger partial charge in [0.05, 0.1) is 6.10 Å². The number of hydrogen-bond donors (Lipinski definition) is 1. The summed E-state index contributed by atoms with van der Waals surface area (Å²) < 4.78 is 0. The number of halogens is 1. The molecule has 0 radical (unpaired) electrons. The van der Waals surface area contributed by atoms with Gasteiger partial charge in [-0.1, -0.05) is 60.5 Å². The maximum atomic E-state index is 10.7. The van der Waals surface area contributed by atoms with Crippen LogP contribution in [0.4, 0.5) is 0 Å². The molecule has 0 amide bonds. The van der Waals surface area contributed by atoms with Crippen LogP contribution < -0.4 is 0 Å². The van der Waals surface area contributed by atoms with E-state index in [9.17, 15) is 5.11 Å². The highest BCUT2D eigenvalue weighted by Crippen LogP contribution is 2.47. The Morgan fingerprint density at radius 1 is 1.00 bits per heavy atom. The van der Waals surface area contributed by atoms with Crippen LogP contribution >= 0.6 is 11.6 Å². The van der Waals surface area contributed by atoms with Crippen molar-refractivity contribution >= 4 is 11.6 Å². The number of benzene rings is 2. The third kappa shape index (κ3) is 4.45. The molecule has 4 rings (SSSR count). The van der Waals surface area contributed by atoms with Crippen molar-refractivity contribution < 1.29 is 5.11 Å². The van der Waals surface area contributed by atoms with E-state index in [1.165, 1.54) is 36.8 Å². The molecule has 1 aliphatic heterocycles. The van der Waals surface area contributed by atoms with Gasteiger partial charge < -0.3 is 5.11 Å². The summed E-state index contributed by atoms with van der Waals surface area (Å²) in [5.74, 6) is 0. The Bertz CT molecular complexity index is 741. The highest BCUT2D eigenvalue weighted by atomic mass is 35.5. The molecule has 0 spiro atoms. The van der Waals surface area contributed by atoms with E-state index in [1.807, 2.05) is 12.1 Å². The fraction of sp³-hybridized carbons (Fsp3) is 0.520. The highest BCUT2D eigenvalue weighted by molar-refractivity contribution is 6.30. The molecule has 0 unspecified atom stereocenters. The summed E-state index contributed by atoms with van der Waals surface area (Å²) in [4.78, 5) is 2.58. The first-order chi connectivity index (χ1) is 13.7. The molecule has 1 saturated heterocycles. The second-order valence-electron chi connectivity index (χ2n) is 8.73. The van der Waals surface area contributed by atoms with Gasteiger partial charge in [-0.2, -0.15) is 0 Å². The maximum Gasteiger partial charge on any atom is 0.0696 e. The zero-order chi connectivity index (χ0) is 19.4. The Balaban J connectivity index is 1.40. The van der Waals surface area contributed by atoms with E-state index in [-0.39, 0.29) is 12.1 Å². The zero-order valence-electron chi connectivity index (χ0n) is 16.7. The molecule has 0 aromatic heterocycles. The van der Waals surface area contributed by atoms with Crippen molar-refractivity contribution in [3.63, 3.8) is 0 Å². The molecule has 2 aliphatic rings. The first-order valence-electron chi connectivity index (χ1n) is 10.9. The van der Waals surface area contributed by atoms with Gasteiger partial charge in [-0.15, -0.1) is 0 Å². The molecule has 1 saturated carbocycles. The van der Waals surface area contributed by atoms with Crippen LogP contribution in [0.5, 0.6) is 0 Å². The first kappa shape index (κ1) is 19.9. The monoisotopic (exact) mass is 397 g/mol. The van der Waals surface area contributed by atoms with Crippen LogP contribution in [0.3, 0.4) is 0 Å². The molecule has 1 aliphatic carbocycles. The number of aryl methyl sites for hydroxylation is 1. The summed E-state index contributed by atoms with van der Waals surface area (Å²) in [7, 11) is 0. The number of rotatable bonds is 7. The van der Waals surface area contributed by atoms with Crippen LogP contribution in [0.2, 0.25) is 5.02 Å². The minimum Gasteiger partial charge on any atom is -0.391 e. The minimum atomic E-state index is -0.190. The number of aliphatic hydroxyl groups is 1. The lowest BCUT2D eigenvalue weighted by Gasteiger charge is -2.46. The number of likely N-dealkylation sites (tertiary alicyclic amines) is 1. The summed E-state index contributed by atoms with van der Waals surface area (Å²) in [5.41, 5.74) is 3.13. The van der Waals surface area contributed by atoms with Crippen molar-refractivity contribution in [1.29, 1.82) is 0 Å². The molecule has 150 valence electrons. The topological polar surface area (TPSA) is 23.5 Å². The number of aliphatic hydroxyl groups excluding tert-OH is 1. The van der Waals surface area contributed by atoms with Crippen LogP contribution in [-0.4, -0.2) is 35.2 Å². The Hall–Kier alpha value is -1.35. The number of piperidine rings is 1. The van der Waals surface area contributed by atoms with Gasteiger partial charge in [0.15, 0.2) is 0 Å². The first-order valence-corrected chi connectivity index (χ1v) is 11.3. The lowest BCUT2D eigenvalue weighted by Crippen LogP contribution is -2.50. The number of nitrogens with zero attached hydrogens (tertiary/aromatic N) is 1. The van der Waals surface area contributed by atoms with Gasteiger partial charge in [0, 0.05) is 11.1 Å². The molecule has 2 aromatic rings. The van der Waals surface area contributed by atoms with Crippen molar-refractivity contribution in [1.82, 2.24) is 4.90 Å². The normalized spacial score (nSPS) is 24.6. The van der Waals surface area contributed by atoms with E-state index in [0.717, 1.165) is 43.8 Å². The van der Waals surface area contributed by atoms with Gasteiger partial charge in [-0.25, -0.2) is 0 Å². The third-order valence-corrected chi connectivity index (χ3v) is 7.33. The molecule has 2 aromatic carbocycles. The average molecular weight is 398 g/mol. The molecule has 2 nitrogen and oxygen atoms in total. The summed E-state index contributed by atoms with van der Waals surface area (Å²) in [6.45, 7) is 2.20. The van der Waals surface area contributed by atoms with Crippen molar-refractivity contribution in [2.75, 3.05) is 13.1 Å².